The van der Waals surface area contributed by atoms with Crippen molar-refractivity contribution >= 4 is 0 Å². The number of nitrogens with one attached hydrogen (secondary N) is 1. The zero-order valence-corrected chi connectivity index (χ0v) is 13.9. The summed E-state index contributed by atoms with van der Waals surface area (Å²) < 4.78 is 16.3. The standard InChI is InChI=1S/C17H29NO3/c1-6-10-18-14(11-13(2)12-19-3)17-15(20-4)8-7-9-16(17)21-5/h7-9,13-14,18H,6,10-12H2,1-5H3. The summed E-state index contributed by atoms with van der Waals surface area (Å²) in [6.45, 7) is 6.08. The number of ether oxygens (including phenoxy) is 3. The van der Waals surface area contributed by atoms with E-state index in [1.165, 1.54) is 0 Å². The van der Waals surface area contributed by atoms with E-state index in [1.807, 2.05) is 18.2 Å². The Morgan fingerprint density at radius 3 is 2.19 bits per heavy atom. The molecule has 0 bridgehead atoms. The summed E-state index contributed by atoms with van der Waals surface area (Å²) in [4.78, 5) is 0. The van der Waals surface area contributed by atoms with Crippen LogP contribution in [0.25, 0.3) is 0 Å². The average molecular weight is 295 g/mol. The summed E-state index contributed by atoms with van der Waals surface area (Å²) in [6, 6.07) is 6.12. The molecule has 1 N–H and O–H groups in total. The van der Waals surface area contributed by atoms with E-state index in [4.69, 9.17) is 14.2 Å². The van der Waals surface area contributed by atoms with Crippen molar-refractivity contribution in [2.45, 2.75) is 32.7 Å². The van der Waals surface area contributed by atoms with Crippen molar-refractivity contribution in [3.05, 3.63) is 23.8 Å². The highest BCUT2D eigenvalue weighted by Gasteiger charge is 2.22. The van der Waals surface area contributed by atoms with Crippen molar-refractivity contribution in [3.63, 3.8) is 0 Å². The first-order valence-corrected chi connectivity index (χ1v) is 7.61. The minimum absolute atomic E-state index is 0.196. The molecule has 21 heavy (non-hydrogen) atoms. The van der Waals surface area contributed by atoms with Gasteiger partial charge in [0.25, 0.3) is 0 Å². The van der Waals surface area contributed by atoms with Crippen LogP contribution in [0.1, 0.15) is 38.3 Å². The minimum Gasteiger partial charge on any atom is -0.496 e. The highest BCUT2D eigenvalue weighted by molar-refractivity contribution is 5.47. The molecule has 120 valence electrons. The van der Waals surface area contributed by atoms with Crippen molar-refractivity contribution in [1.82, 2.24) is 5.32 Å². The molecule has 2 atom stereocenters. The van der Waals surface area contributed by atoms with Crippen molar-refractivity contribution in [2.24, 2.45) is 5.92 Å². The first kappa shape index (κ1) is 17.8. The Balaban J connectivity index is 3.05. The van der Waals surface area contributed by atoms with E-state index < -0.39 is 0 Å². The van der Waals surface area contributed by atoms with Crippen molar-refractivity contribution in [3.8, 4) is 11.5 Å². The number of hydrogen-bond donors (Lipinski definition) is 1. The fraction of sp³-hybridized carbons (Fsp3) is 0.647. The second-order valence-corrected chi connectivity index (χ2v) is 5.38. The van der Waals surface area contributed by atoms with Gasteiger partial charge in [0.1, 0.15) is 11.5 Å². The Morgan fingerprint density at radius 1 is 1.10 bits per heavy atom. The molecular formula is C17H29NO3. The maximum atomic E-state index is 5.54. The van der Waals surface area contributed by atoms with E-state index in [0.29, 0.717) is 5.92 Å². The zero-order valence-electron chi connectivity index (χ0n) is 13.9. The Labute approximate surface area is 128 Å². The van der Waals surface area contributed by atoms with Crippen LogP contribution >= 0.6 is 0 Å². The molecule has 4 nitrogen and oxygen atoms in total. The molecule has 0 fully saturated rings. The first-order chi connectivity index (χ1) is 10.2. The SMILES string of the molecule is CCCNC(CC(C)COC)c1c(OC)cccc1OC. The van der Waals surface area contributed by atoms with Crippen LogP contribution in [0.3, 0.4) is 0 Å². The van der Waals surface area contributed by atoms with Gasteiger partial charge < -0.3 is 19.5 Å². The summed E-state index contributed by atoms with van der Waals surface area (Å²) in [7, 11) is 5.15. The first-order valence-electron chi connectivity index (χ1n) is 7.61. The van der Waals surface area contributed by atoms with Gasteiger partial charge in [0.15, 0.2) is 0 Å². The lowest BCUT2D eigenvalue weighted by atomic mass is 9.94. The third kappa shape index (κ3) is 5.21. The Hall–Kier alpha value is -1.26. The lowest BCUT2D eigenvalue weighted by Gasteiger charge is -2.25. The van der Waals surface area contributed by atoms with Crippen LogP contribution in [-0.4, -0.2) is 34.5 Å². The fourth-order valence-electron chi connectivity index (χ4n) is 2.60. The molecule has 0 aliphatic carbocycles. The fourth-order valence-corrected chi connectivity index (χ4v) is 2.60. The van der Waals surface area contributed by atoms with E-state index in [2.05, 4.69) is 19.2 Å². The van der Waals surface area contributed by atoms with Crippen LogP contribution in [-0.2, 0) is 4.74 Å². The molecule has 0 heterocycles. The monoisotopic (exact) mass is 295 g/mol. The molecule has 0 aliphatic rings. The van der Waals surface area contributed by atoms with Gasteiger partial charge in [0.05, 0.1) is 19.8 Å². The molecule has 4 heteroatoms. The van der Waals surface area contributed by atoms with Crippen LogP contribution in [0.5, 0.6) is 11.5 Å². The highest BCUT2D eigenvalue weighted by Crippen LogP contribution is 2.36. The summed E-state index contributed by atoms with van der Waals surface area (Å²) in [6.07, 6.45) is 2.07. The Bertz CT molecular complexity index is 387. The summed E-state index contributed by atoms with van der Waals surface area (Å²) >= 11 is 0. The second-order valence-electron chi connectivity index (χ2n) is 5.38. The van der Waals surface area contributed by atoms with Gasteiger partial charge in [0.2, 0.25) is 0 Å². The molecule has 0 aromatic heterocycles. The number of hydrogen-bond acceptors (Lipinski definition) is 4. The van der Waals surface area contributed by atoms with E-state index in [-0.39, 0.29) is 6.04 Å². The van der Waals surface area contributed by atoms with Crippen LogP contribution < -0.4 is 14.8 Å². The zero-order chi connectivity index (χ0) is 15.7. The van der Waals surface area contributed by atoms with Gasteiger partial charge in [-0.1, -0.05) is 19.9 Å². The predicted octanol–water partition coefficient (Wildman–Crippen LogP) is 3.42. The number of benzene rings is 1. The van der Waals surface area contributed by atoms with Crippen molar-refractivity contribution in [1.29, 1.82) is 0 Å². The molecule has 1 aromatic rings. The minimum atomic E-state index is 0.196. The smallest absolute Gasteiger partial charge is 0.127 e. The Kier molecular flexibility index (Phi) is 8.16. The molecule has 0 saturated carbocycles. The summed E-state index contributed by atoms with van der Waals surface area (Å²) in [5, 5.41) is 3.61. The Morgan fingerprint density at radius 2 is 1.71 bits per heavy atom. The lowest BCUT2D eigenvalue weighted by Crippen LogP contribution is -2.26. The maximum Gasteiger partial charge on any atom is 0.127 e. The topological polar surface area (TPSA) is 39.7 Å². The normalized spacial score (nSPS) is 13.8. The second kappa shape index (κ2) is 9.64. The van der Waals surface area contributed by atoms with Crippen LogP contribution in [0.4, 0.5) is 0 Å². The van der Waals surface area contributed by atoms with E-state index in [1.54, 1.807) is 21.3 Å². The molecule has 1 rings (SSSR count). The lowest BCUT2D eigenvalue weighted by molar-refractivity contribution is 0.148. The molecule has 0 amide bonds. The highest BCUT2D eigenvalue weighted by atomic mass is 16.5. The quantitative estimate of drug-likeness (QED) is 0.718. The molecule has 2 unspecified atom stereocenters. The molecule has 1 aromatic carbocycles. The van der Waals surface area contributed by atoms with Gasteiger partial charge in [-0.25, -0.2) is 0 Å². The van der Waals surface area contributed by atoms with Gasteiger partial charge in [-0.05, 0) is 37.4 Å². The third-order valence-electron chi connectivity index (χ3n) is 3.54. The van der Waals surface area contributed by atoms with Gasteiger partial charge >= 0.3 is 0 Å². The summed E-state index contributed by atoms with van der Waals surface area (Å²) in [5.74, 6) is 2.19. The molecule has 0 radical (unpaired) electrons. The maximum absolute atomic E-state index is 5.54. The van der Waals surface area contributed by atoms with Gasteiger partial charge in [-0.2, -0.15) is 0 Å². The van der Waals surface area contributed by atoms with E-state index in [9.17, 15) is 0 Å². The van der Waals surface area contributed by atoms with Gasteiger partial charge in [-0.15, -0.1) is 0 Å². The van der Waals surface area contributed by atoms with Gasteiger partial charge in [0, 0.05) is 19.8 Å². The average Bonchev–Trinajstić information content (AvgIpc) is 2.50. The molecule has 0 aliphatic heterocycles. The largest absolute Gasteiger partial charge is 0.496 e. The van der Waals surface area contributed by atoms with Crippen LogP contribution in [0, 0.1) is 5.92 Å². The van der Waals surface area contributed by atoms with Crippen molar-refractivity contribution in [2.75, 3.05) is 34.5 Å². The number of rotatable bonds is 10. The number of methoxy groups -OCH3 is 3. The van der Waals surface area contributed by atoms with Crippen LogP contribution in [0.2, 0.25) is 0 Å². The third-order valence-corrected chi connectivity index (χ3v) is 3.54. The summed E-state index contributed by atoms with van der Waals surface area (Å²) in [5.41, 5.74) is 1.10. The van der Waals surface area contributed by atoms with E-state index >= 15 is 0 Å². The predicted molar refractivity (Wildman–Crippen MR) is 86.2 cm³/mol. The molecule has 0 saturated heterocycles. The molecular weight excluding hydrogens is 266 g/mol. The van der Waals surface area contributed by atoms with Crippen molar-refractivity contribution < 1.29 is 14.2 Å². The van der Waals surface area contributed by atoms with Gasteiger partial charge in [-0.3, -0.25) is 0 Å². The van der Waals surface area contributed by atoms with E-state index in [0.717, 1.165) is 43.1 Å². The van der Waals surface area contributed by atoms with Crippen LogP contribution in [0.15, 0.2) is 18.2 Å². The molecule has 0 spiro atoms.